The number of halogens is 1. The maximum Gasteiger partial charge on any atom is 0.227 e. The van der Waals surface area contributed by atoms with Gasteiger partial charge in [0.25, 0.3) is 0 Å². The van der Waals surface area contributed by atoms with Crippen LogP contribution in [0, 0.1) is 19.8 Å². The van der Waals surface area contributed by atoms with E-state index in [1.54, 1.807) is 24.3 Å². The van der Waals surface area contributed by atoms with Crippen molar-refractivity contribution in [3.05, 3.63) is 64.2 Å². The van der Waals surface area contributed by atoms with Crippen LogP contribution < -0.4 is 5.32 Å². The summed E-state index contributed by atoms with van der Waals surface area (Å²) in [4.78, 5) is 12.6. The van der Waals surface area contributed by atoms with Crippen LogP contribution in [0.15, 0.2) is 42.5 Å². The molecule has 0 aliphatic carbocycles. The van der Waals surface area contributed by atoms with Crippen molar-refractivity contribution in [3.63, 3.8) is 0 Å². The van der Waals surface area contributed by atoms with Crippen LogP contribution in [0.4, 0.5) is 5.69 Å². The second-order valence-electron chi connectivity index (χ2n) is 7.37. The molecule has 3 rings (SSSR count). The molecular formula is C21H25ClN2O3S. The zero-order chi connectivity index (χ0) is 20.3. The third kappa shape index (κ3) is 5.13. The number of carbonyl (C=O) groups excluding carboxylic acids is 1. The summed E-state index contributed by atoms with van der Waals surface area (Å²) in [5.74, 6) is -0.301. The lowest BCUT2D eigenvalue weighted by Crippen LogP contribution is -2.41. The van der Waals surface area contributed by atoms with Crippen molar-refractivity contribution in [2.24, 2.45) is 5.92 Å². The SMILES string of the molecule is Cc1ccc(NC(=O)C2CCN(S(=O)(=O)Cc3cccc(Cl)c3)CC2)c(C)c1. The number of carbonyl (C=O) groups is 1. The van der Waals surface area contributed by atoms with E-state index < -0.39 is 10.0 Å². The third-order valence-electron chi connectivity index (χ3n) is 5.10. The molecule has 2 aromatic rings. The molecule has 0 atom stereocenters. The highest BCUT2D eigenvalue weighted by Crippen LogP contribution is 2.25. The van der Waals surface area contributed by atoms with E-state index in [-0.39, 0.29) is 17.6 Å². The van der Waals surface area contributed by atoms with Gasteiger partial charge in [-0.05, 0) is 56.0 Å². The first-order chi connectivity index (χ1) is 13.2. The fourth-order valence-electron chi connectivity index (χ4n) is 3.51. The molecule has 0 radical (unpaired) electrons. The number of amides is 1. The Balaban J connectivity index is 1.58. The van der Waals surface area contributed by atoms with Gasteiger partial charge in [0.1, 0.15) is 0 Å². The number of hydrogen-bond acceptors (Lipinski definition) is 3. The normalized spacial score (nSPS) is 16.1. The molecule has 1 amide bonds. The highest BCUT2D eigenvalue weighted by atomic mass is 35.5. The van der Waals surface area contributed by atoms with Crippen LogP contribution in [-0.4, -0.2) is 31.7 Å². The molecule has 1 saturated heterocycles. The number of piperidine rings is 1. The summed E-state index contributed by atoms with van der Waals surface area (Å²) in [6, 6.07) is 12.8. The molecule has 0 bridgehead atoms. The van der Waals surface area contributed by atoms with Gasteiger partial charge in [0.05, 0.1) is 5.75 Å². The molecule has 2 aromatic carbocycles. The first-order valence-corrected chi connectivity index (χ1v) is 11.3. The van der Waals surface area contributed by atoms with Crippen molar-refractivity contribution < 1.29 is 13.2 Å². The Kier molecular flexibility index (Phi) is 6.43. The summed E-state index contributed by atoms with van der Waals surface area (Å²) in [5.41, 5.74) is 3.65. The van der Waals surface area contributed by atoms with Gasteiger partial charge in [-0.1, -0.05) is 41.4 Å². The highest BCUT2D eigenvalue weighted by molar-refractivity contribution is 7.88. The molecule has 1 N–H and O–H groups in total. The van der Waals surface area contributed by atoms with Gasteiger partial charge in [-0.2, -0.15) is 0 Å². The molecule has 1 aliphatic rings. The highest BCUT2D eigenvalue weighted by Gasteiger charge is 2.31. The van der Waals surface area contributed by atoms with Gasteiger partial charge in [0.15, 0.2) is 0 Å². The lowest BCUT2D eigenvalue weighted by atomic mass is 9.97. The van der Waals surface area contributed by atoms with Crippen LogP contribution in [-0.2, 0) is 20.6 Å². The third-order valence-corrected chi connectivity index (χ3v) is 7.18. The smallest absolute Gasteiger partial charge is 0.227 e. The topological polar surface area (TPSA) is 66.5 Å². The molecule has 7 heteroatoms. The van der Waals surface area contributed by atoms with Crippen molar-refractivity contribution in [3.8, 4) is 0 Å². The number of nitrogens with one attached hydrogen (secondary N) is 1. The number of hydrogen-bond donors (Lipinski definition) is 1. The zero-order valence-corrected chi connectivity index (χ0v) is 17.7. The summed E-state index contributed by atoms with van der Waals surface area (Å²) < 4.78 is 26.9. The average molecular weight is 421 g/mol. The Morgan fingerprint density at radius 3 is 2.50 bits per heavy atom. The summed E-state index contributed by atoms with van der Waals surface area (Å²) in [6.07, 6.45) is 1.04. The number of rotatable bonds is 5. The summed E-state index contributed by atoms with van der Waals surface area (Å²) >= 11 is 5.95. The monoisotopic (exact) mass is 420 g/mol. The molecule has 28 heavy (non-hydrogen) atoms. The fourth-order valence-corrected chi connectivity index (χ4v) is 5.28. The van der Waals surface area contributed by atoms with Crippen molar-refractivity contribution in [1.82, 2.24) is 4.31 Å². The van der Waals surface area contributed by atoms with E-state index in [9.17, 15) is 13.2 Å². The van der Waals surface area contributed by atoms with Gasteiger partial charge in [-0.15, -0.1) is 0 Å². The van der Waals surface area contributed by atoms with E-state index in [1.165, 1.54) is 4.31 Å². The van der Waals surface area contributed by atoms with Crippen LogP contribution >= 0.6 is 11.6 Å². The number of anilines is 1. The van der Waals surface area contributed by atoms with Crippen LogP contribution in [0.25, 0.3) is 0 Å². The fraction of sp³-hybridized carbons (Fsp3) is 0.381. The second kappa shape index (κ2) is 8.64. The minimum Gasteiger partial charge on any atom is -0.326 e. The first kappa shape index (κ1) is 20.8. The van der Waals surface area contributed by atoms with E-state index in [1.807, 2.05) is 32.0 Å². The van der Waals surface area contributed by atoms with Gasteiger partial charge in [-0.3, -0.25) is 4.79 Å². The van der Waals surface area contributed by atoms with E-state index in [0.29, 0.717) is 36.5 Å². The Morgan fingerprint density at radius 1 is 1.14 bits per heavy atom. The number of aryl methyl sites for hydroxylation is 2. The zero-order valence-electron chi connectivity index (χ0n) is 16.1. The predicted octanol–water partition coefficient (Wildman–Crippen LogP) is 4.14. The quantitative estimate of drug-likeness (QED) is 0.790. The van der Waals surface area contributed by atoms with E-state index in [4.69, 9.17) is 11.6 Å². The Hall–Kier alpha value is -1.89. The number of benzene rings is 2. The van der Waals surface area contributed by atoms with Crippen LogP contribution in [0.2, 0.25) is 5.02 Å². The van der Waals surface area contributed by atoms with Crippen LogP contribution in [0.1, 0.15) is 29.5 Å². The van der Waals surface area contributed by atoms with Gasteiger partial charge in [-0.25, -0.2) is 12.7 Å². The second-order valence-corrected chi connectivity index (χ2v) is 9.77. The van der Waals surface area contributed by atoms with Gasteiger partial charge in [0, 0.05) is 29.7 Å². The van der Waals surface area contributed by atoms with E-state index in [0.717, 1.165) is 16.8 Å². The van der Waals surface area contributed by atoms with E-state index >= 15 is 0 Å². The maximum atomic E-state index is 12.7. The summed E-state index contributed by atoms with van der Waals surface area (Å²) in [5, 5.41) is 3.51. The largest absolute Gasteiger partial charge is 0.326 e. The Morgan fingerprint density at radius 2 is 1.86 bits per heavy atom. The van der Waals surface area contributed by atoms with Crippen molar-refractivity contribution >= 4 is 33.2 Å². The molecule has 5 nitrogen and oxygen atoms in total. The maximum absolute atomic E-state index is 12.7. The minimum absolute atomic E-state index is 0.0427. The van der Waals surface area contributed by atoms with Gasteiger partial charge >= 0.3 is 0 Å². The summed E-state index contributed by atoms with van der Waals surface area (Å²) in [6.45, 7) is 4.69. The molecule has 1 heterocycles. The minimum atomic E-state index is -3.43. The van der Waals surface area contributed by atoms with E-state index in [2.05, 4.69) is 5.32 Å². The first-order valence-electron chi connectivity index (χ1n) is 9.35. The summed E-state index contributed by atoms with van der Waals surface area (Å²) in [7, 11) is -3.43. The lowest BCUT2D eigenvalue weighted by molar-refractivity contribution is -0.120. The molecule has 150 valence electrons. The van der Waals surface area contributed by atoms with Crippen LogP contribution in [0.3, 0.4) is 0 Å². The molecule has 0 saturated carbocycles. The van der Waals surface area contributed by atoms with Gasteiger partial charge < -0.3 is 5.32 Å². The molecule has 1 fully saturated rings. The van der Waals surface area contributed by atoms with Crippen molar-refractivity contribution in [1.29, 1.82) is 0 Å². The number of nitrogens with zero attached hydrogens (tertiary/aromatic N) is 1. The van der Waals surface area contributed by atoms with Crippen molar-refractivity contribution in [2.75, 3.05) is 18.4 Å². The average Bonchev–Trinajstić information content (AvgIpc) is 2.64. The number of sulfonamides is 1. The molecular weight excluding hydrogens is 396 g/mol. The molecule has 1 aliphatic heterocycles. The van der Waals surface area contributed by atoms with Crippen LogP contribution in [0.5, 0.6) is 0 Å². The Bertz CT molecular complexity index is 967. The van der Waals surface area contributed by atoms with Gasteiger partial charge in [0.2, 0.25) is 15.9 Å². The standard InChI is InChI=1S/C21H25ClN2O3S/c1-15-6-7-20(16(2)12-15)23-21(25)18-8-10-24(11-9-18)28(26,27)14-17-4-3-5-19(22)13-17/h3-7,12-13,18H,8-11,14H2,1-2H3,(H,23,25). The Labute approximate surface area is 171 Å². The van der Waals surface area contributed by atoms with Crippen molar-refractivity contribution in [2.45, 2.75) is 32.4 Å². The molecule has 0 spiro atoms. The predicted molar refractivity (Wildman–Crippen MR) is 113 cm³/mol. The molecule has 0 aromatic heterocycles. The molecule has 0 unspecified atom stereocenters. The lowest BCUT2D eigenvalue weighted by Gasteiger charge is -2.30.